The van der Waals surface area contributed by atoms with E-state index in [1.165, 1.54) is 6.26 Å². The molecule has 6 heteroatoms. The largest absolute Gasteiger partial charge is 0.495 e. The van der Waals surface area contributed by atoms with Crippen LogP contribution in [0.4, 0.5) is 0 Å². The van der Waals surface area contributed by atoms with E-state index in [4.69, 9.17) is 4.74 Å². The van der Waals surface area contributed by atoms with Gasteiger partial charge in [-0.2, -0.15) is 0 Å². The zero-order valence-electron chi connectivity index (χ0n) is 12.5. The minimum absolute atomic E-state index is 0.338. The molecule has 0 fully saturated rings. The van der Waals surface area contributed by atoms with E-state index in [1.54, 1.807) is 19.2 Å². The minimum atomic E-state index is -3.14. The first-order valence-electron chi connectivity index (χ1n) is 6.73. The molecule has 0 saturated heterocycles. The van der Waals surface area contributed by atoms with Crippen LogP contribution >= 0.6 is 15.9 Å². The van der Waals surface area contributed by atoms with E-state index in [0.29, 0.717) is 18.0 Å². The summed E-state index contributed by atoms with van der Waals surface area (Å²) in [6, 6.07) is 12.8. The Morgan fingerprint density at radius 1 is 1.09 bits per heavy atom. The molecule has 0 aliphatic carbocycles. The van der Waals surface area contributed by atoms with Gasteiger partial charge in [0.25, 0.3) is 0 Å². The molecule has 0 aliphatic rings. The van der Waals surface area contributed by atoms with Crippen molar-refractivity contribution in [3.8, 4) is 5.75 Å². The fraction of sp³-hybridized carbons (Fsp3) is 0.250. The third kappa shape index (κ3) is 4.32. The first kappa shape index (κ1) is 17.0. The van der Waals surface area contributed by atoms with Gasteiger partial charge in [0, 0.05) is 24.9 Å². The Labute approximate surface area is 139 Å². The Hall–Kier alpha value is -1.37. The molecule has 4 nitrogen and oxygen atoms in total. The Balaban J connectivity index is 1.98. The molecule has 0 amide bonds. The smallest absolute Gasteiger partial charge is 0.175 e. The standard InChI is InChI=1S/C16H18BrNO3S/c1-21-16-13(4-3-5-15(16)17)11-18-10-12-6-8-14(9-7-12)22(2,19)20/h3-9,18H,10-11H2,1-2H3. The molecule has 2 aromatic carbocycles. The van der Waals surface area contributed by atoms with Crippen LogP contribution in [0, 0.1) is 0 Å². The molecule has 1 N–H and O–H groups in total. The highest BCUT2D eigenvalue weighted by atomic mass is 79.9. The lowest BCUT2D eigenvalue weighted by atomic mass is 10.2. The summed E-state index contributed by atoms with van der Waals surface area (Å²) in [7, 11) is -1.49. The highest BCUT2D eigenvalue weighted by molar-refractivity contribution is 9.10. The van der Waals surface area contributed by atoms with Crippen LogP contribution in [0.1, 0.15) is 11.1 Å². The molecule has 22 heavy (non-hydrogen) atoms. The van der Waals surface area contributed by atoms with E-state index in [-0.39, 0.29) is 0 Å². The maximum atomic E-state index is 11.4. The van der Waals surface area contributed by atoms with Crippen molar-refractivity contribution in [3.63, 3.8) is 0 Å². The van der Waals surface area contributed by atoms with Crippen LogP contribution in [0.15, 0.2) is 51.8 Å². The van der Waals surface area contributed by atoms with Crippen LogP contribution in [0.5, 0.6) is 5.75 Å². The van der Waals surface area contributed by atoms with Gasteiger partial charge in [0.1, 0.15) is 5.75 Å². The van der Waals surface area contributed by atoms with Crippen molar-refractivity contribution in [3.05, 3.63) is 58.1 Å². The maximum absolute atomic E-state index is 11.4. The number of ether oxygens (including phenoxy) is 1. The zero-order chi connectivity index (χ0) is 16.2. The van der Waals surface area contributed by atoms with Crippen LogP contribution in [0.2, 0.25) is 0 Å². The fourth-order valence-corrected chi connectivity index (χ4v) is 3.32. The van der Waals surface area contributed by atoms with Gasteiger partial charge in [0.15, 0.2) is 9.84 Å². The molecule has 2 rings (SSSR count). The van der Waals surface area contributed by atoms with Crippen LogP contribution in [0.3, 0.4) is 0 Å². The molecule has 0 saturated carbocycles. The molecule has 0 spiro atoms. The number of methoxy groups -OCH3 is 1. The van der Waals surface area contributed by atoms with Crippen LogP contribution < -0.4 is 10.1 Å². The van der Waals surface area contributed by atoms with Crippen molar-refractivity contribution in [2.75, 3.05) is 13.4 Å². The van der Waals surface area contributed by atoms with Crippen LogP contribution in [-0.4, -0.2) is 21.8 Å². The van der Waals surface area contributed by atoms with Crippen molar-refractivity contribution < 1.29 is 13.2 Å². The second-order valence-corrected chi connectivity index (χ2v) is 7.82. The number of rotatable bonds is 6. The van der Waals surface area contributed by atoms with E-state index in [0.717, 1.165) is 21.3 Å². The summed E-state index contributed by atoms with van der Waals surface area (Å²) < 4.78 is 29.1. The summed E-state index contributed by atoms with van der Waals surface area (Å²) in [5.74, 6) is 0.822. The van der Waals surface area contributed by atoms with Crippen molar-refractivity contribution in [1.82, 2.24) is 5.32 Å². The summed E-state index contributed by atoms with van der Waals surface area (Å²) in [5, 5.41) is 3.33. The van der Waals surface area contributed by atoms with Crippen LogP contribution in [-0.2, 0) is 22.9 Å². The molecule has 0 bridgehead atoms. The zero-order valence-corrected chi connectivity index (χ0v) is 14.9. The van der Waals surface area contributed by atoms with Gasteiger partial charge in [-0.3, -0.25) is 0 Å². The minimum Gasteiger partial charge on any atom is -0.495 e. The lowest BCUT2D eigenvalue weighted by molar-refractivity contribution is 0.405. The summed E-state index contributed by atoms with van der Waals surface area (Å²) in [6.45, 7) is 1.32. The molecule has 0 heterocycles. The molecule has 0 aromatic heterocycles. The average Bonchev–Trinajstić information content (AvgIpc) is 2.47. The monoisotopic (exact) mass is 383 g/mol. The highest BCUT2D eigenvalue weighted by Crippen LogP contribution is 2.28. The van der Waals surface area contributed by atoms with Gasteiger partial charge in [0.05, 0.1) is 16.5 Å². The number of nitrogens with one attached hydrogen (secondary N) is 1. The Kier molecular flexibility index (Phi) is 5.61. The first-order chi connectivity index (χ1) is 10.4. The quantitative estimate of drug-likeness (QED) is 0.832. The van der Waals surface area contributed by atoms with Crippen molar-refractivity contribution in [2.24, 2.45) is 0 Å². The van der Waals surface area contributed by atoms with Gasteiger partial charge in [-0.25, -0.2) is 8.42 Å². The summed E-state index contributed by atoms with van der Waals surface area (Å²) in [6.07, 6.45) is 1.21. The van der Waals surface area contributed by atoms with E-state index >= 15 is 0 Å². The highest BCUT2D eigenvalue weighted by Gasteiger charge is 2.07. The first-order valence-corrected chi connectivity index (χ1v) is 9.41. The van der Waals surface area contributed by atoms with Crippen molar-refractivity contribution in [2.45, 2.75) is 18.0 Å². The number of hydrogen-bond donors (Lipinski definition) is 1. The van der Waals surface area contributed by atoms with Crippen molar-refractivity contribution >= 4 is 25.8 Å². The Morgan fingerprint density at radius 2 is 1.77 bits per heavy atom. The van der Waals surface area contributed by atoms with Gasteiger partial charge < -0.3 is 10.1 Å². The van der Waals surface area contributed by atoms with Gasteiger partial charge in [-0.05, 0) is 39.7 Å². The molecule has 0 radical (unpaired) electrons. The molecular formula is C16H18BrNO3S. The third-order valence-corrected chi connectivity index (χ3v) is 5.00. The fourth-order valence-electron chi connectivity index (χ4n) is 2.12. The van der Waals surface area contributed by atoms with E-state index < -0.39 is 9.84 Å². The van der Waals surface area contributed by atoms with Crippen LogP contribution in [0.25, 0.3) is 0 Å². The maximum Gasteiger partial charge on any atom is 0.175 e. The van der Waals surface area contributed by atoms with Gasteiger partial charge in [-0.1, -0.05) is 24.3 Å². The Bertz CT molecular complexity index is 742. The predicted octanol–water partition coefficient (Wildman–Crippen LogP) is 3.15. The normalized spacial score (nSPS) is 11.4. The predicted molar refractivity (Wildman–Crippen MR) is 90.8 cm³/mol. The molecule has 0 atom stereocenters. The number of hydrogen-bond acceptors (Lipinski definition) is 4. The SMILES string of the molecule is COc1c(Br)cccc1CNCc1ccc(S(C)(=O)=O)cc1. The number of sulfone groups is 1. The lowest BCUT2D eigenvalue weighted by Crippen LogP contribution is -2.13. The van der Waals surface area contributed by atoms with Gasteiger partial charge in [-0.15, -0.1) is 0 Å². The number of benzene rings is 2. The third-order valence-electron chi connectivity index (χ3n) is 3.25. The van der Waals surface area contributed by atoms with E-state index in [9.17, 15) is 8.42 Å². The van der Waals surface area contributed by atoms with Gasteiger partial charge >= 0.3 is 0 Å². The number of halogens is 1. The second-order valence-electron chi connectivity index (χ2n) is 4.95. The summed E-state index contributed by atoms with van der Waals surface area (Å²) in [4.78, 5) is 0.338. The number of para-hydroxylation sites is 1. The average molecular weight is 384 g/mol. The Morgan fingerprint density at radius 3 is 2.36 bits per heavy atom. The molecule has 0 unspecified atom stereocenters. The summed E-state index contributed by atoms with van der Waals surface area (Å²) in [5.41, 5.74) is 2.09. The molecule has 2 aromatic rings. The molecular weight excluding hydrogens is 366 g/mol. The van der Waals surface area contributed by atoms with Crippen molar-refractivity contribution in [1.29, 1.82) is 0 Å². The van der Waals surface area contributed by atoms with E-state index in [2.05, 4.69) is 21.2 Å². The van der Waals surface area contributed by atoms with E-state index in [1.807, 2.05) is 30.3 Å². The second kappa shape index (κ2) is 7.26. The topological polar surface area (TPSA) is 55.4 Å². The summed E-state index contributed by atoms with van der Waals surface area (Å²) >= 11 is 3.46. The molecule has 118 valence electrons. The molecule has 0 aliphatic heterocycles. The lowest BCUT2D eigenvalue weighted by Gasteiger charge is -2.11. The van der Waals surface area contributed by atoms with Gasteiger partial charge in [0.2, 0.25) is 0 Å².